The highest BCUT2D eigenvalue weighted by Crippen LogP contribution is 2.21. The first-order chi connectivity index (χ1) is 6.93. The van der Waals surface area contributed by atoms with Crippen molar-refractivity contribution < 1.29 is 13.2 Å². The summed E-state index contributed by atoms with van der Waals surface area (Å²) < 4.78 is 39.7. The van der Waals surface area contributed by atoms with E-state index < -0.39 is 17.5 Å². The molecule has 0 atom stereocenters. The number of aryl methyl sites for hydroxylation is 1. The molecule has 0 N–H and O–H groups in total. The summed E-state index contributed by atoms with van der Waals surface area (Å²) >= 11 is 0. The highest BCUT2D eigenvalue weighted by molar-refractivity contribution is 5.27. The number of benzene rings is 1. The fourth-order valence-electron chi connectivity index (χ4n) is 1.36. The van der Waals surface area contributed by atoms with E-state index >= 15 is 0 Å². The summed E-state index contributed by atoms with van der Waals surface area (Å²) in [6.45, 7) is 5.21. The van der Waals surface area contributed by atoms with Crippen molar-refractivity contribution in [3.05, 3.63) is 34.6 Å². The largest absolute Gasteiger partial charge is 0.207 e. The molecule has 0 aliphatic heterocycles. The standard InChI is InChI=1S/C12H15F3/c1-7(2)4-5-9-6-10(13)8(3)11(14)12(9)15/h6-7H,4-5H2,1-3H3. The van der Waals surface area contributed by atoms with Crippen LogP contribution in [0.3, 0.4) is 0 Å². The molecule has 0 amide bonds. The van der Waals surface area contributed by atoms with Crippen LogP contribution in [0.25, 0.3) is 0 Å². The van der Waals surface area contributed by atoms with Gasteiger partial charge in [-0.3, -0.25) is 0 Å². The second-order valence-corrected chi connectivity index (χ2v) is 4.20. The Morgan fingerprint density at radius 3 is 2.27 bits per heavy atom. The first-order valence-electron chi connectivity index (χ1n) is 5.06. The van der Waals surface area contributed by atoms with Crippen LogP contribution in [0.2, 0.25) is 0 Å². The van der Waals surface area contributed by atoms with Crippen molar-refractivity contribution in [2.75, 3.05) is 0 Å². The van der Waals surface area contributed by atoms with Crippen LogP contribution in [0.15, 0.2) is 6.07 Å². The highest BCUT2D eigenvalue weighted by Gasteiger charge is 2.15. The predicted molar refractivity (Wildman–Crippen MR) is 54.2 cm³/mol. The zero-order chi connectivity index (χ0) is 11.6. The minimum Gasteiger partial charge on any atom is -0.207 e. The van der Waals surface area contributed by atoms with Gasteiger partial charge in [-0.1, -0.05) is 13.8 Å². The molecule has 0 heterocycles. The molecule has 0 spiro atoms. The van der Waals surface area contributed by atoms with Crippen molar-refractivity contribution in [1.82, 2.24) is 0 Å². The summed E-state index contributed by atoms with van der Waals surface area (Å²) in [7, 11) is 0. The van der Waals surface area contributed by atoms with Crippen molar-refractivity contribution in [1.29, 1.82) is 0 Å². The summed E-state index contributed by atoms with van der Waals surface area (Å²) in [4.78, 5) is 0. The fraction of sp³-hybridized carbons (Fsp3) is 0.500. The lowest BCUT2D eigenvalue weighted by Gasteiger charge is -2.08. The van der Waals surface area contributed by atoms with E-state index in [9.17, 15) is 13.2 Å². The molecule has 0 radical (unpaired) electrons. The van der Waals surface area contributed by atoms with E-state index in [1.165, 1.54) is 6.92 Å². The molecule has 0 aliphatic rings. The van der Waals surface area contributed by atoms with E-state index in [-0.39, 0.29) is 11.1 Å². The van der Waals surface area contributed by atoms with Gasteiger partial charge in [0.15, 0.2) is 11.6 Å². The van der Waals surface area contributed by atoms with Gasteiger partial charge < -0.3 is 0 Å². The Labute approximate surface area is 88.1 Å². The lowest BCUT2D eigenvalue weighted by Crippen LogP contribution is -2.02. The lowest BCUT2D eigenvalue weighted by atomic mass is 10.0. The zero-order valence-corrected chi connectivity index (χ0v) is 9.20. The van der Waals surface area contributed by atoms with Gasteiger partial charge >= 0.3 is 0 Å². The predicted octanol–water partition coefficient (Wildman–Crippen LogP) is 4.00. The molecule has 0 fully saturated rings. The first-order valence-corrected chi connectivity index (χ1v) is 5.06. The van der Waals surface area contributed by atoms with Gasteiger partial charge in [-0.2, -0.15) is 0 Å². The molecule has 0 bridgehead atoms. The van der Waals surface area contributed by atoms with E-state index in [1.54, 1.807) is 0 Å². The summed E-state index contributed by atoms with van der Waals surface area (Å²) in [5.74, 6) is -2.26. The molecular weight excluding hydrogens is 201 g/mol. The van der Waals surface area contributed by atoms with Gasteiger partial charge in [0.05, 0.1) is 0 Å². The molecule has 0 unspecified atom stereocenters. The second kappa shape index (κ2) is 4.69. The minimum absolute atomic E-state index is 0.129. The number of rotatable bonds is 3. The average Bonchev–Trinajstić information content (AvgIpc) is 2.18. The molecule has 1 rings (SSSR count). The van der Waals surface area contributed by atoms with Crippen LogP contribution in [0.5, 0.6) is 0 Å². The summed E-state index contributed by atoms with van der Waals surface area (Å²) in [6.07, 6.45) is 1.09. The third-order valence-corrected chi connectivity index (χ3v) is 2.45. The molecule has 1 aromatic rings. The normalized spacial score (nSPS) is 11.1. The molecule has 0 saturated carbocycles. The summed E-state index contributed by atoms with van der Waals surface area (Å²) in [5.41, 5.74) is -0.120. The van der Waals surface area contributed by atoms with Crippen LogP contribution in [-0.2, 0) is 6.42 Å². The molecule has 0 aliphatic carbocycles. The molecule has 0 nitrogen and oxygen atoms in total. The average molecular weight is 216 g/mol. The smallest absolute Gasteiger partial charge is 0.164 e. The molecule has 0 aromatic heterocycles. The summed E-state index contributed by atoms with van der Waals surface area (Å²) in [6, 6.07) is 1.09. The molecule has 15 heavy (non-hydrogen) atoms. The van der Waals surface area contributed by atoms with E-state index in [2.05, 4.69) is 0 Å². The van der Waals surface area contributed by atoms with Crippen molar-refractivity contribution in [3.8, 4) is 0 Å². The van der Waals surface area contributed by atoms with Crippen LogP contribution < -0.4 is 0 Å². The van der Waals surface area contributed by atoms with Gasteiger partial charge in [0, 0.05) is 5.56 Å². The Balaban J connectivity index is 2.99. The quantitative estimate of drug-likeness (QED) is 0.670. The van der Waals surface area contributed by atoms with E-state index in [1.807, 2.05) is 13.8 Å². The van der Waals surface area contributed by atoms with Crippen LogP contribution in [-0.4, -0.2) is 0 Å². The van der Waals surface area contributed by atoms with Gasteiger partial charge in [-0.25, -0.2) is 13.2 Å². The zero-order valence-electron chi connectivity index (χ0n) is 9.20. The van der Waals surface area contributed by atoms with E-state index in [4.69, 9.17) is 0 Å². The fourth-order valence-corrected chi connectivity index (χ4v) is 1.36. The Morgan fingerprint density at radius 2 is 1.73 bits per heavy atom. The maximum absolute atomic E-state index is 13.4. The molecule has 3 heteroatoms. The van der Waals surface area contributed by atoms with Gasteiger partial charge in [-0.15, -0.1) is 0 Å². The molecular formula is C12H15F3. The number of halogens is 3. The number of hydrogen-bond acceptors (Lipinski definition) is 0. The summed E-state index contributed by atoms with van der Waals surface area (Å²) in [5, 5.41) is 0. The molecule has 1 aromatic carbocycles. The van der Waals surface area contributed by atoms with Crippen molar-refractivity contribution in [3.63, 3.8) is 0 Å². The van der Waals surface area contributed by atoms with Crippen molar-refractivity contribution >= 4 is 0 Å². The Kier molecular flexibility index (Phi) is 3.77. The third-order valence-electron chi connectivity index (χ3n) is 2.45. The van der Waals surface area contributed by atoms with Crippen LogP contribution >= 0.6 is 0 Å². The number of hydrogen-bond donors (Lipinski definition) is 0. The second-order valence-electron chi connectivity index (χ2n) is 4.20. The maximum atomic E-state index is 13.4. The molecule has 84 valence electrons. The van der Waals surface area contributed by atoms with Gasteiger partial charge in [-0.05, 0) is 37.3 Å². The van der Waals surface area contributed by atoms with Crippen LogP contribution in [0.4, 0.5) is 13.2 Å². The van der Waals surface area contributed by atoms with Gasteiger partial charge in [0.25, 0.3) is 0 Å². The lowest BCUT2D eigenvalue weighted by molar-refractivity contribution is 0.469. The molecule has 0 saturated heterocycles. The highest BCUT2D eigenvalue weighted by atomic mass is 19.2. The first kappa shape index (κ1) is 12.1. The Morgan fingerprint density at radius 1 is 1.13 bits per heavy atom. The third kappa shape index (κ3) is 2.74. The van der Waals surface area contributed by atoms with Crippen LogP contribution in [0.1, 0.15) is 31.4 Å². The maximum Gasteiger partial charge on any atom is 0.164 e. The van der Waals surface area contributed by atoms with E-state index in [0.717, 1.165) is 12.5 Å². The topological polar surface area (TPSA) is 0 Å². The van der Waals surface area contributed by atoms with Crippen LogP contribution in [0, 0.1) is 30.3 Å². The van der Waals surface area contributed by atoms with Crippen molar-refractivity contribution in [2.45, 2.75) is 33.6 Å². The van der Waals surface area contributed by atoms with Gasteiger partial charge in [0.1, 0.15) is 5.82 Å². The Bertz CT molecular complexity index is 356. The SMILES string of the molecule is Cc1c(F)cc(CCC(C)C)c(F)c1F. The van der Waals surface area contributed by atoms with E-state index in [0.29, 0.717) is 12.3 Å². The van der Waals surface area contributed by atoms with Gasteiger partial charge in [0.2, 0.25) is 0 Å². The monoisotopic (exact) mass is 216 g/mol. The van der Waals surface area contributed by atoms with Crippen molar-refractivity contribution in [2.24, 2.45) is 5.92 Å². The minimum atomic E-state index is -1.06. The Hall–Kier alpha value is -0.990.